The van der Waals surface area contributed by atoms with Gasteiger partial charge in [0.15, 0.2) is 11.3 Å². The van der Waals surface area contributed by atoms with Crippen molar-refractivity contribution in [2.24, 2.45) is 5.92 Å². The minimum atomic E-state index is -0.773. The van der Waals surface area contributed by atoms with E-state index in [9.17, 15) is 25.1 Å². The number of nitrogens with one attached hydrogen (secondary N) is 1. The predicted molar refractivity (Wildman–Crippen MR) is 190 cm³/mol. The fourth-order valence-corrected chi connectivity index (χ4v) is 8.05. The van der Waals surface area contributed by atoms with Gasteiger partial charge in [0, 0.05) is 50.0 Å². The standard InChI is InChI=1S/C39H39N7O5/c1-23-27(5-2-6-28(23)37-42-32-18-24(17-26(20-40)36(32)51-37)21-44-14-10-25(22-44)39(49)50)29-7-3-9-34-30(29)11-15-45(34)38(48)33-19-35-31(41-12-16-47)8-4-13-46(35)43-33/h2-3,5-7,9,17-19,25,31,41,47H,4,8,10-16,21-22H2,1H3,(H,49,50)/t25-,31?/m1/s1. The van der Waals surface area contributed by atoms with E-state index in [0.29, 0.717) is 73.8 Å². The van der Waals surface area contributed by atoms with Gasteiger partial charge in [-0.25, -0.2) is 4.98 Å². The SMILES string of the molecule is Cc1c(-c2nc3cc(CN4CC[C@@H](C(=O)O)C4)cc(C#N)c3o2)cccc1-c1cccc2c1CCN2C(=O)c1cc2n(n1)CCCC2NCCO. The molecule has 0 aliphatic carbocycles. The lowest BCUT2D eigenvalue weighted by molar-refractivity contribution is -0.141. The van der Waals surface area contributed by atoms with Crippen LogP contribution in [-0.4, -0.2) is 74.5 Å². The first-order valence-corrected chi connectivity index (χ1v) is 17.6. The molecule has 2 atom stereocenters. The van der Waals surface area contributed by atoms with E-state index in [1.165, 1.54) is 0 Å². The average molecular weight is 686 g/mol. The van der Waals surface area contributed by atoms with Gasteiger partial charge in [-0.3, -0.25) is 19.2 Å². The number of nitrogens with zero attached hydrogens (tertiary/aromatic N) is 6. The number of carbonyl (C=O) groups excluding carboxylic acids is 1. The number of nitriles is 1. The highest BCUT2D eigenvalue weighted by Gasteiger charge is 2.32. The lowest BCUT2D eigenvalue weighted by atomic mass is 9.92. The summed E-state index contributed by atoms with van der Waals surface area (Å²) in [6.45, 7) is 5.62. The summed E-state index contributed by atoms with van der Waals surface area (Å²) in [6, 6.07) is 20.0. The number of likely N-dealkylation sites (tertiary alicyclic amines) is 1. The molecule has 5 aromatic rings. The number of carbonyl (C=O) groups is 2. The number of aliphatic carboxylic acids is 1. The number of hydrogen-bond acceptors (Lipinski definition) is 9. The third-order valence-corrected chi connectivity index (χ3v) is 10.6. The molecule has 0 saturated carbocycles. The Kier molecular flexibility index (Phi) is 8.63. The van der Waals surface area contributed by atoms with E-state index in [1.807, 2.05) is 52.9 Å². The van der Waals surface area contributed by atoms with Crippen LogP contribution >= 0.6 is 0 Å². The topological polar surface area (TPSA) is 161 Å². The number of benzene rings is 3. The Morgan fingerprint density at radius 1 is 1.06 bits per heavy atom. The molecule has 12 nitrogen and oxygen atoms in total. The number of aliphatic hydroxyl groups excluding tert-OH is 1. The number of aliphatic hydroxyl groups is 1. The van der Waals surface area contributed by atoms with Crippen molar-refractivity contribution >= 4 is 28.7 Å². The van der Waals surface area contributed by atoms with Crippen LogP contribution in [0.25, 0.3) is 33.7 Å². The quantitative estimate of drug-likeness (QED) is 0.191. The normalized spacial score (nSPS) is 18.6. The Bertz CT molecular complexity index is 2220. The van der Waals surface area contributed by atoms with Gasteiger partial charge in [-0.15, -0.1) is 0 Å². The Morgan fingerprint density at radius 2 is 1.88 bits per heavy atom. The fraction of sp³-hybridized carbons (Fsp3) is 0.359. The number of rotatable bonds is 9. The van der Waals surface area contributed by atoms with Gasteiger partial charge in [0.2, 0.25) is 5.89 Å². The van der Waals surface area contributed by atoms with E-state index in [1.54, 1.807) is 6.07 Å². The molecule has 3 aliphatic heterocycles. The molecular formula is C39H39N7O5. The van der Waals surface area contributed by atoms with Crippen molar-refractivity contribution in [1.29, 1.82) is 5.26 Å². The minimum absolute atomic E-state index is 0.0571. The summed E-state index contributed by atoms with van der Waals surface area (Å²) in [5.41, 5.74) is 9.53. The van der Waals surface area contributed by atoms with Crippen LogP contribution < -0.4 is 10.2 Å². The zero-order valence-corrected chi connectivity index (χ0v) is 28.4. The Morgan fingerprint density at radius 3 is 2.69 bits per heavy atom. The highest BCUT2D eigenvalue weighted by atomic mass is 16.4. The molecule has 0 bridgehead atoms. The number of fused-ring (bicyclic) bond motifs is 3. The van der Waals surface area contributed by atoms with Gasteiger partial charge < -0.3 is 24.8 Å². The van der Waals surface area contributed by atoms with Gasteiger partial charge >= 0.3 is 5.97 Å². The number of aromatic nitrogens is 3. The molecular weight excluding hydrogens is 646 g/mol. The van der Waals surface area contributed by atoms with Gasteiger partial charge in [0.05, 0.1) is 23.8 Å². The first-order chi connectivity index (χ1) is 24.8. The van der Waals surface area contributed by atoms with Crippen molar-refractivity contribution in [3.05, 3.63) is 88.2 Å². The highest BCUT2D eigenvalue weighted by Crippen LogP contribution is 2.41. The lowest BCUT2D eigenvalue weighted by Gasteiger charge is -2.24. The van der Waals surface area contributed by atoms with Crippen LogP contribution in [0, 0.1) is 24.2 Å². The summed E-state index contributed by atoms with van der Waals surface area (Å²) in [6.07, 6.45) is 3.21. The van der Waals surface area contributed by atoms with E-state index in [4.69, 9.17) is 14.5 Å². The molecule has 12 heteroatoms. The summed E-state index contributed by atoms with van der Waals surface area (Å²) < 4.78 is 8.19. The maximum Gasteiger partial charge on any atom is 0.307 e. The van der Waals surface area contributed by atoms with Crippen molar-refractivity contribution in [2.75, 3.05) is 37.7 Å². The average Bonchev–Trinajstić information content (AvgIpc) is 3.95. The smallest absolute Gasteiger partial charge is 0.307 e. The third-order valence-electron chi connectivity index (χ3n) is 10.6. The van der Waals surface area contributed by atoms with Crippen LogP contribution in [-0.2, 0) is 24.3 Å². The molecule has 51 heavy (non-hydrogen) atoms. The number of carboxylic acids is 1. The van der Waals surface area contributed by atoms with E-state index in [2.05, 4.69) is 28.4 Å². The number of aryl methyl sites for hydroxylation is 1. The Balaban J connectivity index is 1.08. The number of hydrogen-bond donors (Lipinski definition) is 3. The molecule has 3 aromatic carbocycles. The molecule has 3 aliphatic rings. The third kappa shape index (κ3) is 5.97. The van der Waals surface area contributed by atoms with Crippen molar-refractivity contribution in [2.45, 2.75) is 51.7 Å². The fourth-order valence-electron chi connectivity index (χ4n) is 8.05. The van der Waals surface area contributed by atoms with Gasteiger partial charge in [-0.2, -0.15) is 10.4 Å². The summed E-state index contributed by atoms with van der Waals surface area (Å²) in [5, 5.41) is 36.8. The summed E-state index contributed by atoms with van der Waals surface area (Å²) in [4.78, 5) is 34.1. The summed E-state index contributed by atoms with van der Waals surface area (Å²) in [7, 11) is 0. The van der Waals surface area contributed by atoms with E-state index >= 15 is 0 Å². The van der Waals surface area contributed by atoms with E-state index in [0.717, 1.165) is 64.1 Å². The van der Waals surface area contributed by atoms with Crippen LogP contribution in [0.2, 0.25) is 0 Å². The first-order valence-electron chi connectivity index (χ1n) is 17.6. The number of carboxylic acid groups (broad SMARTS) is 1. The number of amides is 1. The molecule has 5 heterocycles. The second kappa shape index (κ2) is 13.4. The molecule has 260 valence electrons. The molecule has 8 rings (SSSR count). The van der Waals surface area contributed by atoms with Gasteiger partial charge in [-0.05, 0) is 97.3 Å². The van der Waals surface area contributed by atoms with Crippen LogP contribution in [0.3, 0.4) is 0 Å². The van der Waals surface area contributed by atoms with Crippen molar-refractivity contribution in [3.8, 4) is 28.7 Å². The summed E-state index contributed by atoms with van der Waals surface area (Å²) in [5.74, 6) is -0.844. The second-order valence-electron chi connectivity index (χ2n) is 13.7. The van der Waals surface area contributed by atoms with Gasteiger partial charge in [-0.1, -0.05) is 24.3 Å². The minimum Gasteiger partial charge on any atom is -0.481 e. The van der Waals surface area contributed by atoms with Crippen LogP contribution in [0.5, 0.6) is 0 Å². The molecule has 0 spiro atoms. The molecule has 0 radical (unpaired) electrons. The molecule has 1 unspecified atom stereocenters. The molecule has 1 saturated heterocycles. The lowest BCUT2D eigenvalue weighted by Crippen LogP contribution is -2.30. The van der Waals surface area contributed by atoms with Crippen molar-refractivity contribution in [1.82, 2.24) is 25.0 Å². The summed E-state index contributed by atoms with van der Waals surface area (Å²) >= 11 is 0. The maximum atomic E-state index is 13.9. The maximum absolute atomic E-state index is 13.9. The zero-order valence-electron chi connectivity index (χ0n) is 28.4. The number of oxazole rings is 1. The predicted octanol–water partition coefficient (Wildman–Crippen LogP) is 5.06. The monoisotopic (exact) mass is 685 g/mol. The second-order valence-corrected chi connectivity index (χ2v) is 13.7. The molecule has 2 aromatic heterocycles. The largest absolute Gasteiger partial charge is 0.481 e. The molecule has 1 fully saturated rings. The van der Waals surface area contributed by atoms with Crippen molar-refractivity contribution in [3.63, 3.8) is 0 Å². The molecule has 1 amide bonds. The van der Waals surface area contributed by atoms with Crippen LogP contribution in [0.1, 0.15) is 63.7 Å². The van der Waals surface area contributed by atoms with Gasteiger partial charge in [0.1, 0.15) is 11.6 Å². The number of anilines is 1. The van der Waals surface area contributed by atoms with E-state index in [-0.39, 0.29) is 24.5 Å². The van der Waals surface area contributed by atoms with Crippen LogP contribution in [0.15, 0.2) is 59.0 Å². The first kappa shape index (κ1) is 32.8. The Labute approximate surface area is 294 Å². The zero-order chi connectivity index (χ0) is 35.2. The molecule has 3 N–H and O–H groups in total. The van der Waals surface area contributed by atoms with Crippen LogP contribution in [0.4, 0.5) is 5.69 Å². The Hall–Kier alpha value is -5.35. The van der Waals surface area contributed by atoms with Crippen molar-refractivity contribution < 1.29 is 24.2 Å². The van der Waals surface area contributed by atoms with Gasteiger partial charge in [0.25, 0.3) is 5.91 Å². The van der Waals surface area contributed by atoms with E-state index < -0.39 is 5.97 Å². The highest BCUT2D eigenvalue weighted by molar-refractivity contribution is 6.07.